The Kier molecular flexibility index (Phi) is 4.49. The number of halogens is 1. The summed E-state index contributed by atoms with van der Waals surface area (Å²) in [6.07, 6.45) is 0. The maximum absolute atomic E-state index is 11.8. The van der Waals surface area contributed by atoms with Crippen molar-refractivity contribution in [2.24, 2.45) is 0 Å². The molecule has 0 spiro atoms. The van der Waals surface area contributed by atoms with Gasteiger partial charge in [0.2, 0.25) is 5.76 Å². The molecule has 1 aromatic carbocycles. The standard InChI is InChI=1S/C13H8BrNO6/c14-12-6-5-11(21-12)13(17)20-7-10(16)8-1-3-9(4-2-8)15(18)19/h1-6H,7H2. The summed E-state index contributed by atoms with van der Waals surface area (Å²) in [7, 11) is 0. The van der Waals surface area contributed by atoms with Crippen molar-refractivity contribution in [1.29, 1.82) is 0 Å². The van der Waals surface area contributed by atoms with Crippen molar-refractivity contribution in [1.82, 2.24) is 0 Å². The first kappa shape index (κ1) is 14.9. The summed E-state index contributed by atoms with van der Waals surface area (Å²) in [5.74, 6) is -1.27. The third kappa shape index (κ3) is 3.76. The fraction of sp³-hybridized carbons (Fsp3) is 0.0769. The van der Waals surface area contributed by atoms with Gasteiger partial charge in [0.25, 0.3) is 5.69 Å². The van der Waals surface area contributed by atoms with Crippen molar-refractivity contribution in [2.75, 3.05) is 6.61 Å². The minimum absolute atomic E-state index is 0.0293. The first-order chi connectivity index (χ1) is 9.97. The van der Waals surface area contributed by atoms with Crippen LogP contribution in [0.5, 0.6) is 0 Å². The summed E-state index contributed by atoms with van der Waals surface area (Å²) in [6.45, 7) is -0.477. The van der Waals surface area contributed by atoms with E-state index in [0.717, 1.165) is 0 Å². The molecule has 108 valence electrons. The molecule has 0 saturated heterocycles. The van der Waals surface area contributed by atoms with Gasteiger partial charge < -0.3 is 9.15 Å². The predicted molar refractivity (Wildman–Crippen MR) is 74.1 cm³/mol. The van der Waals surface area contributed by atoms with E-state index < -0.39 is 23.3 Å². The highest BCUT2D eigenvalue weighted by Crippen LogP contribution is 2.15. The monoisotopic (exact) mass is 353 g/mol. The van der Waals surface area contributed by atoms with Crippen molar-refractivity contribution in [3.63, 3.8) is 0 Å². The highest BCUT2D eigenvalue weighted by molar-refractivity contribution is 9.10. The molecule has 0 aliphatic rings. The van der Waals surface area contributed by atoms with E-state index in [1.165, 1.54) is 36.4 Å². The van der Waals surface area contributed by atoms with Gasteiger partial charge >= 0.3 is 5.97 Å². The molecule has 0 amide bonds. The number of non-ortho nitro benzene ring substituents is 1. The highest BCUT2D eigenvalue weighted by atomic mass is 79.9. The van der Waals surface area contributed by atoms with Crippen LogP contribution in [0.4, 0.5) is 5.69 Å². The zero-order valence-corrected chi connectivity index (χ0v) is 12.0. The number of hydrogen-bond acceptors (Lipinski definition) is 6. The second-order valence-electron chi connectivity index (χ2n) is 3.91. The van der Waals surface area contributed by atoms with Gasteiger partial charge in [-0.2, -0.15) is 0 Å². The molecule has 7 nitrogen and oxygen atoms in total. The Hall–Kier alpha value is -2.48. The van der Waals surface area contributed by atoms with Crippen LogP contribution in [0.3, 0.4) is 0 Å². The number of carbonyl (C=O) groups is 2. The quantitative estimate of drug-likeness (QED) is 0.354. The van der Waals surface area contributed by atoms with E-state index in [9.17, 15) is 19.7 Å². The number of benzene rings is 1. The number of ether oxygens (including phenoxy) is 1. The second-order valence-corrected chi connectivity index (χ2v) is 4.69. The minimum Gasteiger partial charge on any atom is -0.451 e. The van der Waals surface area contributed by atoms with Crippen molar-refractivity contribution < 1.29 is 23.7 Å². The number of nitro groups is 1. The maximum atomic E-state index is 11.8. The molecular weight excluding hydrogens is 346 g/mol. The summed E-state index contributed by atoms with van der Waals surface area (Å²) in [5.41, 5.74) is 0.0954. The molecule has 1 heterocycles. The Morgan fingerprint density at radius 1 is 1.19 bits per heavy atom. The van der Waals surface area contributed by atoms with Gasteiger partial charge in [0.05, 0.1) is 4.92 Å². The van der Waals surface area contributed by atoms with Crippen LogP contribution in [0.2, 0.25) is 0 Å². The molecule has 0 aliphatic carbocycles. The molecule has 2 rings (SSSR count). The lowest BCUT2D eigenvalue weighted by molar-refractivity contribution is -0.384. The Morgan fingerprint density at radius 3 is 2.38 bits per heavy atom. The molecule has 2 aromatic rings. The van der Waals surface area contributed by atoms with Crippen LogP contribution in [-0.4, -0.2) is 23.3 Å². The smallest absolute Gasteiger partial charge is 0.374 e. The zero-order chi connectivity index (χ0) is 15.4. The van der Waals surface area contributed by atoms with E-state index >= 15 is 0 Å². The van der Waals surface area contributed by atoms with E-state index in [1.54, 1.807) is 0 Å². The third-order valence-corrected chi connectivity index (χ3v) is 2.94. The fourth-order valence-electron chi connectivity index (χ4n) is 1.48. The van der Waals surface area contributed by atoms with Crippen molar-refractivity contribution in [2.45, 2.75) is 0 Å². The molecule has 21 heavy (non-hydrogen) atoms. The summed E-state index contributed by atoms with van der Waals surface area (Å²) >= 11 is 3.04. The molecule has 0 N–H and O–H groups in total. The van der Waals surface area contributed by atoms with E-state index in [1.807, 2.05) is 0 Å². The summed E-state index contributed by atoms with van der Waals surface area (Å²) in [5, 5.41) is 10.5. The third-order valence-electron chi connectivity index (χ3n) is 2.51. The van der Waals surface area contributed by atoms with Gasteiger partial charge in [-0.15, -0.1) is 0 Å². The molecule has 0 radical (unpaired) electrons. The Balaban J connectivity index is 1.95. The lowest BCUT2D eigenvalue weighted by Crippen LogP contribution is -2.13. The lowest BCUT2D eigenvalue weighted by Gasteiger charge is -2.02. The number of ketones is 1. The Morgan fingerprint density at radius 2 is 1.86 bits per heavy atom. The molecule has 0 unspecified atom stereocenters. The van der Waals surface area contributed by atoms with Gasteiger partial charge in [-0.3, -0.25) is 14.9 Å². The van der Waals surface area contributed by atoms with Crippen LogP contribution in [0.25, 0.3) is 0 Å². The zero-order valence-electron chi connectivity index (χ0n) is 10.4. The number of esters is 1. The van der Waals surface area contributed by atoms with Crippen LogP contribution < -0.4 is 0 Å². The Bertz CT molecular complexity index is 691. The van der Waals surface area contributed by atoms with Gasteiger partial charge in [0.15, 0.2) is 17.1 Å². The molecule has 0 bridgehead atoms. The number of nitro benzene ring substituents is 1. The highest BCUT2D eigenvalue weighted by Gasteiger charge is 2.15. The van der Waals surface area contributed by atoms with Crippen LogP contribution in [0.1, 0.15) is 20.9 Å². The van der Waals surface area contributed by atoms with E-state index in [2.05, 4.69) is 15.9 Å². The minimum atomic E-state index is -0.768. The van der Waals surface area contributed by atoms with E-state index in [4.69, 9.17) is 9.15 Å². The number of hydrogen-bond donors (Lipinski definition) is 0. The van der Waals surface area contributed by atoms with Crippen molar-refractivity contribution >= 4 is 33.4 Å². The predicted octanol–water partition coefficient (Wildman–Crippen LogP) is 2.99. The molecule has 0 saturated carbocycles. The van der Waals surface area contributed by atoms with Crippen LogP contribution in [-0.2, 0) is 4.74 Å². The van der Waals surface area contributed by atoms with Gasteiger partial charge in [0, 0.05) is 17.7 Å². The van der Waals surface area contributed by atoms with Crippen LogP contribution in [0.15, 0.2) is 45.5 Å². The van der Waals surface area contributed by atoms with Gasteiger partial charge in [-0.05, 0) is 40.2 Å². The average Bonchev–Trinajstić information content (AvgIpc) is 2.91. The second kappa shape index (κ2) is 6.31. The van der Waals surface area contributed by atoms with Gasteiger partial charge in [0.1, 0.15) is 0 Å². The first-order valence-corrected chi connectivity index (χ1v) is 6.47. The Labute approximate surface area is 126 Å². The summed E-state index contributed by atoms with van der Waals surface area (Å²) in [4.78, 5) is 33.3. The molecule has 8 heteroatoms. The van der Waals surface area contributed by atoms with Crippen molar-refractivity contribution in [3.05, 3.63) is 62.5 Å². The average molecular weight is 354 g/mol. The molecule has 0 atom stereocenters. The van der Waals surface area contributed by atoms with Gasteiger partial charge in [-0.25, -0.2) is 4.79 Å². The fourth-order valence-corrected chi connectivity index (χ4v) is 1.79. The van der Waals surface area contributed by atoms with E-state index in [0.29, 0.717) is 4.67 Å². The van der Waals surface area contributed by atoms with Crippen molar-refractivity contribution in [3.8, 4) is 0 Å². The molecule has 1 aromatic heterocycles. The van der Waals surface area contributed by atoms with Gasteiger partial charge in [-0.1, -0.05) is 0 Å². The number of carbonyl (C=O) groups excluding carboxylic acids is 2. The number of rotatable bonds is 5. The maximum Gasteiger partial charge on any atom is 0.374 e. The molecular formula is C13H8BrNO6. The number of Topliss-reactive ketones (excluding diaryl/α,β-unsaturated/α-hetero) is 1. The first-order valence-electron chi connectivity index (χ1n) is 5.67. The largest absolute Gasteiger partial charge is 0.451 e. The summed E-state index contributed by atoms with van der Waals surface area (Å²) in [6, 6.07) is 7.95. The lowest BCUT2D eigenvalue weighted by atomic mass is 10.1. The normalized spacial score (nSPS) is 10.1. The topological polar surface area (TPSA) is 99.7 Å². The molecule has 0 fully saturated rings. The van der Waals surface area contributed by atoms with Crippen LogP contribution >= 0.6 is 15.9 Å². The van der Waals surface area contributed by atoms with Crippen LogP contribution in [0, 0.1) is 10.1 Å². The number of furan rings is 1. The number of nitrogens with zero attached hydrogens (tertiary/aromatic N) is 1. The van der Waals surface area contributed by atoms with E-state index in [-0.39, 0.29) is 17.0 Å². The SMILES string of the molecule is O=C(COC(=O)c1ccc(Br)o1)c1ccc([N+](=O)[O-])cc1. The molecule has 0 aliphatic heterocycles. The summed E-state index contributed by atoms with van der Waals surface area (Å²) < 4.78 is 10.2.